The lowest BCUT2D eigenvalue weighted by molar-refractivity contribution is 0.199. The van der Waals surface area contributed by atoms with Gasteiger partial charge in [-0.2, -0.15) is 5.26 Å². The first-order valence-electron chi connectivity index (χ1n) is 6.48. The number of hydrogen-bond donors (Lipinski definition) is 1. The molecule has 0 atom stereocenters. The maximum absolute atomic E-state index is 9.24. The highest BCUT2D eigenvalue weighted by Gasteiger charge is 2.33. The molecule has 19 heavy (non-hydrogen) atoms. The van der Waals surface area contributed by atoms with Crippen LogP contribution in [-0.4, -0.2) is 26.9 Å². The van der Waals surface area contributed by atoms with Gasteiger partial charge in [0.05, 0.1) is 18.8 Å². The van der Waals surface area contributed by atoms with Crippen LogP contribution in [0.4, 0.5) is 0 Å². The van der Waals surface area contributed by atoms with E-state index in [2.05, 4.69) is 31.3 Å². The van der Waals surface area contributed by atoms with Crippen LogP contribution in [0.25, 0.3) is 0 Å². The van der Waals surface area contributed by atoms with Crippen molar-refractivity contribution in [2.24, 2.45) is 0 Å². The zero-order valence-corrected chi connectivity index (χ0v) is 11.7. The van der Waals surface area contributed by atoms with Crippen LogP contribution in [0.5, 0.6) is 5.75 Å². The first-order chi connectivity index (χ1) is 9.08. The van der Waals surface area contributed by atoms with Crippen LogP contribution in [0, 0.1) is 11.3 Å². The third-order valence-corrected chi connectivity index (χ3v) is 3.39. The van der Waals surface area contributed by atoms with Crippen LogP contribution in [0.3, 0.4) is 0 Å². The summed E-state index contributed by atoms with van der Waals surface area (Å²) in [5.74, 6) is 0.758. The van der Waals surface area contributed by atoms with Gasteiger partial charge in [-0.25, -0.2) is 0 Å². The minimum absolute atomic E-state index is 0.0243. The number of methoxy groups -OCH3 is 1. The molecule has 0 bridgehead atoms. The Balaban J connectivity index is 2.21. The summed E-state index contributed by atoms with van der Waals surface area (Å²) in [6.45, 7) is 7.14. The van der Waals surface area contributed by atoms with Gasteiger partial charge < -0.3 is 14.8 Å². The molecule has 102 valence electrons. The van der Waals surface area contributed by atoms with E-state index in [1.807, 2.05) is 6.07 Å². The zero-order chi connectivity index (χ0) is 13.9. The molecule has 1 aliphatic heterocycles. The van der Waals surface area contributed by atoms with Crippen LogP contribution in [0.1, 0.15) is 30.5 Å². The molecule has 0 amide bonds. The van der Waals surface area contributed by atoms with E-state index in [9.17, 15) is 5.26 Å². The Morgan fingerprint density at radius 2 is 2.26 bits per heavy atom. The molecule has 1 heterocycles. The fraction of sp³-hybridized carbons (Fsp3) is 0.533. The molecular weight excluding hydrogens is 240 g/mol. The molecule has 0 aromatic heterocycles. The van der Waals surface area contributed by atoms with Gasteiger partial charge in [0.2, 0.25) is 0 Å². The van der Waals surface area contributed by atoms with Gasteiger partial charge in [0.1, 0.15) is 11.8 Å². The van der Waals surface area contributed by atoms with Crippen LogP contribution in [0.15, 0.2) is 12.1 Å². The summed E-state index contributed by atoms with van der Waals surface area (Å²) in [5, 5.41) is 12.5. The molecule has 1 N–H and O–H groups in total. The number of ether oxygens (including phenoxy) is 2. The number of fused-ring (bicyclic) bond motifs is 1. The van der Waals surface area contributed by atoms with Gasteiger partial charge in [0.25, 0.3) is 0 Å². The molecule has 0 fully saturated rings. The fourth-order valence-corrected chi connectivity index (χ4v) is 2.27. The van der Waals surface area contributed by atoms with E-state index in [1.165, 1.54) is 0 Å². The normalized spacial score (nSPS) is 15.7. The van der Waals surface area contributed by atoms with Crippen molar-refractivity contribution in [3.05, 3.63) is 28.8 Å². The van der Waals surface area contributed by atoms with Crippen LogP contribution >= 0.6 is 0 Å². The van der Waals surface area contributed by atoms with Gasteiger partial charge in [-0.1, -0.05) is 19.9 Å². The number of nitrogens with one attached hydrogen (secondary N) is 1. The van der Waals surface area contributed by atoms with Gasteiger partial charge >= 0.3 is 0 Å². The minimum atomic E-state index is -0.0243. The molecule has 4 nitrogen and oxygen atoms in total. The standard InChI is InChI=1S/C15H20N2O2/c1-15(2)10-19-14-12(8-16)6-11(7-13(14)15)9-17-4-5-18-3/h6-7,17H,4-5,9-10H2,1-3H3. The Labute approximate surface area is 114 Å². The van der Waals surface area contributed by atoms with Crippen molar-refractivity contribution in [1.82, 2.24) is 5.32 Å². The molecule has 0 saturated heterocycles. The Bertz CT molecular complexity index is 504. The van der Waals surface area contributed by atoms with Gasteiger partial charge in [-0.3, -0.25) is 0 Å². The number of rotatable bonds is 5. The van der Waals surface area contributed by atoms with E-state index in [0.717, 1.165) is 30.0 Å². The zero-order valence-electron chi connectivity index (χ0n) is 11.7. The Kier molecular flexibility index (Phi) is 4.08. The summed E-state index contributed by atoms with van der Waals surface area (Å²) in [7, 11) is 1.69. The van der Waals surface area contributed by atoms with E-state index >= 15 is 0 Å². The summed E-state index contributed by atoms with van der Waals surface area (Å²) in [6, 6.07) is 6.27. The largest absolute Gasteiger partial charge is 0.491 e. The number of hydrogen-bond acceptors (Lipinski definition) is 4. The first-order valence-corrected chi connectivity index (χ1v) is 6.48. The lowest BCUT2D eigenvalue weighted by Gasteiger charge is -2.16. The molecule has 0 aliphatic carbocycles. The van der Waals surface area contributed by atoms with Crippen molar-refractivity contribution in [2.45, 2.75) is 25.8 Å². The minimum Gasteiger partial charge on any atom is -0.491 e. The summed E-state index contributed by atoms with van der Waals surface area (Å²) in [6.07, 6.45) is 0. The maximum Gasteiger partial charge on any atom is 0.140 e. The predicted molar refractivity (Wildman–Crippen MR) is 73.3 cm³/mol. The number of benzene rings is 1. The number of nitriles is 1. The summed E-state index contributed by atoms with van der Waals surface area (Å²) < 4.78 is 10.7. The molecule has 1 aliphatic rings. The molecule has 0 radical (unpaired) electrons. The van der Waals surface area contributed by atoms with E-state index in [0.29, 0.717) is 18.8 Å². The van der Waals surface area contributed by atoms with E-state index in [1.54, 1.807) is 7.11 Å². The highest BCUT2D eigenvalue weighted by molar-refractivity contribution is 5.55. The van der Waals surface area contributed by atoms with Crippen molar-refractivity contribution in [3.63, 3.8) is 0 Å². The van der Waals surface area contributed by atoms with Crippen molar-refractivity contribution >= 4 is 0 Å². The summed E-state index contributed by atoms with van der Waals surface area (Å²) in [5.41, 5.74) is 2.86. The average molecular weight is 260 g/mol. The molecule has 2 rings (SSSR count). The summed E-state index contributed by atoms with van der Waals surface area (Å²) in [4.78, 5) is 0. The third kappa shape index (κ3) is 2.89. The molecule has 0 unspecified atom stereocenters. The highest BCUT2D eigenvalue weighted by Crippen LogP contribution is 2.41. The van der Waals surface area contributed by atoms with Crippen molar-refractivity contribution in [3.8, 4) is 11.8 Å². The lowest BCUT2D eigenvalue weighted by atomic mass is 9.85. The maximum atomic E-state index is 9.24. The van der Waals surface area contributed by atoms with Crippen LogP contribution in [-0.2, 0) is 16.7 Å². The van der Waals surface area contributed by atoms with Gasteiger partial charge in [0.15, 0.2) is 0 Å². The van der Waals surface area contributed by atoms with E-state index < -0.39 is 0 Å². The van der Waals surface area contributed by atoms with Crippen molar-refractivity contribution in [1.29, 1.82) is 5.26 Å². The monoisotopic (exact) mass is 260 g/mol. The molecular formula is C15H20N2O2. The molecule has 1 aromatic rings. The van der Waals surface area contributed by atoms with Crippen LogP contribution in [0.2, 0.25) is 0 Å². The second-order valence-corrected chi connectivity index (χ2v) is 5.47. The van der Waals surface area contributed by atoms with Crippen molar-refractivity contribution < 1.29 is 9.47 Å². The SMILES string of the molecule is COCCNCc1cc(C#N)c2c(c1)C(C)(C)CO2. The fourth-order valence-electron chi connectivity index (χ4n) is 2.27. The smallest absolute Gasteiger partial charge is 0.140 e. The highest BCUT2D eigenvalue weighted by atomic mass is 16.5. The Morgan fingerprint density at radius 1 is 1.47 bits per heavy atom. The predicted octanol–water partition coefficient (Wildman–Crippen LogP) is 1.96. The second kappa shape index (κ2) is 5.60. The summed E-state index contributed by atoms with van der Waals surface area (Å²) >= 11 is 0. The molecule has 0 saturated carbocycles. The lowest BCUT2D eigenvalue weighted by Crippen LogP contribution is -2.20. The Morgan fingerprint density at radius 3 is 2.95 bits per heavy atom. The molecule has 1 aromatic carbocycles. The molecule has 0 spiro atoms. The van der Waals surface area contributed by atoms with Crippen molar-refractivity contribution in [2.75, 3.05) is 26.9 Å². The van der Waals surface area contributed by atoms with Crippen LogP contribution < -0.4 is 10.1 Å². The average Bonchev–Trinajstić information content (AvgIpc) is 2.70. The Hall–Kier alpha value is -1.57. The van der Waals surface area contributed by atoms with E-state index in [4.69, 9.17) is 9.47 Å². The number of nitrogens with zero attached hydrogens (tertiary/aromatic N) is 1. The molecule has 4 heteroatoms. The third-order valence-electron chi connectivity index (χ3n) is 3.39. The van der Waals surface area contributed by atoms with Gasteiger partial charge in [-0.15, -0.1) is 0 Å². The topological polar surface area (TPSA) is 54.3 Å². The second-order valence-electron chi connectivity index (χ2n) is 5.47. The van der Waals surface area contributed by atoms with E-state index in [-0.39, 0.29) is 5.41 Å². The first kappa shape index (κ1) is 13.9. The van der Waals surface area contributed by atoms with Gasteiger partial charge in [0, 0.05) is 31.2 Å². The van der Waals surface area contributed by atoms with Gasteiger partial charge in [-0.05, 0) is 11.6 Å². The quantitative estimate of drug-likeness (QED) is 0.822.